The molecule has 0 unspecified atom stereocenters. The van der Waals surface area contributed by atoms with E-state index < -0.39 is 11.6 Å². The number of benzene rings is 1. The third-order valence-electron chi connectivity index (χ3n) is 2.87. The van der Waals surface area contributed by atoms with Crippen LogP contribution in [0.3, 0.4) is 0 Å². The number of carbonyl (C=O) groups is 1. The van der Waals surface area contributed by atoms with Crippen molar-refractivity contribution < 1.29 is 13.6 Å². The SMILES string of the molecule is CCCn1cc(C=O)c(-c2cc(F)c(C)cc2F)n1. The minimum atomic E-state index is -0.580. The summed E-state index contributed by atoms with van der Waals surface area (Å²) in [6.45, 7) is 4.07. The van der Waals surface area contributed by atoms with E-state index in [4.69, 9.17) is 0 Å². The van der Waals surface area contributed by atoms with Crippen LogP contribution >= 0.6 is 0 Å². The molecule has 0 aliphatic rings. The number of aldehydes is 1. The highest BCUT2D eigenvalue weighted by molar-refractivity contribution is 5.85. The lowest BCUT2D eigenvalue weighted by atomic mass is 10.1. The Morgan fingerprint density at radius 2 is 2.05 bits per heavy atom. The van der Waals surface area contributed by atoms with Gasteiger partial charge in [-0.15, -0.1) is 0 Å². The van der Waals surface area contributed by atoms with Crippen molar-refractivity contribution in [1.82, 2.24) is 9.78 Å². The van der Waals surface area contributed by atoms with E-state index in [9.17, 15) is 13.6 Å². The van der Waals surface area contributed by atoms with Crippen LogP contribution in [-0.4, -0.2) is 16.1 Å². The molecule has 3 nitrogen and oxygen atoms in total. The number of carbonyl (C=O) groups excluding carboxylic acids is 1. The monoisotopic (exact) mass is 264 g/mol. The van der Waals surface area contributed by atoms with Crippen molar-refractivity contribution in [2.75, 3.05) is 0 Å². The van der Waals surface area contributed by atoms with Crippen LogP contribution < -0.4 is 0 Å². The van der Waals surface area contributed by atoms with Gasteiger partial charge in [-0.25, -0.2) is 8.78 Å². The van der Waals surface area contributed by atoms with Crippen LogP contribution in [0.25, 0.3) is 11.3 Å². The molecule has 19 heavy (non-hydrogen) atoms. The van der Waals surface area contributed by atoms with Gasteiger partial charge in [-0.05, 0) is 31.0 Å². The molecule has 0 N–H and O–H groups in total. The number of rotatable bonds is 4. The Morgan fingerprint density at radius 1 is 1.32 bits per heavy atom. The quantitative estimate of drug-likeness (QED) is 0.794. The second kappa shape index (κ2) is 5.30. The first-order valence-corrected chi connectivity index (χ1v) is 6.05. The maximum Gasteiger partial charge on any atom is 0.153 e. The summed E-state index contributed by atoms with van der Waals surface area (Å²) in [6.07, 6.45) is 2.99. The van der Waals surface area contributed by atoms with Gasteiger partial charge < -0.3 is 0 Å². The van der Waals surface area contributed by atoms with E-state index in [1.807, 2.05) is 6.92 Å². The molecule has 1 heterocycles. The van der Waals surface area contributed by atoms with Gasteiger partial charge in [0, 0.05) is 18.3 Å². The number of aryl methyl sites for hydroxylation is 2. The maximum absolute atomic E-state index is 13.9. The van der Waals surface area contributed by atoms with Crippen molar-refractivity contribution >= 4 is 6.29 Å². The third-order valence-corrected chi connectivity index (χ3v) is 2.87. The lowest BCUT2D eigenvalue weighted by Gasteiger charge is -2.03. The predicted molar refractivity (Wildman–Crippen MR) is 68.0 cm³/mol. The first kappa shape index (κ1) is 13.4. The van der Waals surface area contributed by atoms with Crippen LogP contribution in [0.2, 0.25) is 0 Å². The van der Waals surface area contributed by atoms with E-state index in [-0.39, 0.29) is 22.4 Å². The van der Waals surface area contributed by atoms with Crippen molar-refractivity contribution in [2.45, 2.75) is 26.8 Å². The molecule has 100 valence electrons. The average molecular weight is 264 g/mol. The summed E-state index contributed by atoms with van der Waals surface area (Å²) < 4.78 is 29.0. The molecule has 1 aromatic carbocycles. The Bertz CT molecular complexity index is 620. The second-order valence-electron chi connectivity index (χ2n) is 4.40. The van der Waals surface area contributed by atoms with Crippen molar-refractivity contribution in [3.8, 4) is 11.3 Å². The van der Waals surface area contributed by atoms with Crippen LogP contribution in [0, 0.1) is 18.6 Å². The maximum atomic E-state index is 13.9. The van der Waals surface area contributed by atoms with Crippen molar-refractivity contribution in [3.05, 3.63) is 41.1 Å². The first-order valence-electron chi connectivity index (χ1n) is 6.05. The molecule has 5 heteroatoms. The number of aromatic nitrogens is 2. The van der Waals surface area contributed by atoms with Gasteiger partial charge in [0.15, 0.2) is 6.29 Å². The van der Waals surface area contributed by atoms with Crippen LogP contribution in [0.4, 0.5) is 8.78 Å². The summed E-state index contributed by atoms with van der Waals surface area (Å²) in [5.74, 6) is -1.10. The van der Waals surface area contributed by atoms with Gasteiger partial charge in [0.1, 0.15) is 17.3 Å². The lowest BCUT2D eigenvalue weighted by Crippen LogP contribution is -1.98. The summed E-state index contributed by atoms with van der Waals surface area (Å²) in [4.78, 5) is 11.0. The molecule has 0 atom stereocenters. The normalized spacial score (nSPS) is 10.7. The number of halogens is 2. The smallest absolute Gasteiger partial charge is 0.153 e. The van der Waals surface area contributed by atoms with Crippen molar-refractivity contribution in [2.24, 2.45) is 0 Å². The molecule has 0 saturated heterocycles. The van der Waals surface area contributed by atoms with Crippen LogP contribution in [0.5, 0.6) is 0 Å². The Balaban J connectivity index is 2.57. The summed E-state index contributed by atoms with van der Waals surface area (Å²) in [6, 6.07) is 2.19. The van der Waals surface area contributed by atoms with E-state index in [1.54, 1.807) is 10.9 Å². The fourth-order valence-corrected chi connectivity index (χ4v) is 1.90. The van der Waals surface area contributed by atoms with E-state index >= 15 is 0 Å². The summed E-state index contributed by atoms with van der Waals surface area (Å²) in [5.41, 5.74) is 0.678. The molecule has 0 saturated carbocycles. The van der Waals surface area contributed by atoms with Gasteiger partial charge in [-0.1, -0.05) is 6.92 Å². The zero-order valence-electron chi connectivity index (χ0n) is 10.8. The first-order chi connectivity index (χ1) is 9.06. The van der Waals surface area contributed by atoms with E-state index in [2.05, 4.69) is 5.10 Å². The van der Waals surface area contributed by atoms with Gasteiger partial charge in [-0.3, -0.25) is 9.48 Å². The summed E-state index contributed by atoms with van der Waals surface area (Å²) >= 11 is 0. The largest absolute Gasteiger partial charge is 0.298 e. The lowest BCUT2D eigenvalue weighted by molar-refractivity contribution is 0.112. The molecule has 0 amide bonds. The molecule has 0 aliphatic carbocycles. The van der Waals surface area contributed by atoms with Crippen LogP contribution in [0.15, 0.2) is 18.3 Å². The van der Waals surface area contributed by atoms with Gasteiger partial charge >= 0.3 is 0 Å². The Hall–Kier alpha value is -2.04. The van der Waals surface area contributed by atoms with Crippen molar-refractivity contribution in [1.29, 1.82) is 0 Å². The van der Waals surface area contributed by atoms with E-state index in [0.717, 1.165) is 18.6 Å². The molecule has 0 fully saturated rings. The Morgan fingerprint density at radius 3 is 2.68 bits per heavy atom. The van der Waals surface area contributed by atoms with Gasteiger partial charge in [0.2, 0.25) is 0 Å². The predicted octanol–water partition coefficient (Wildman–Crippen LogP) is 3.36. The zero-order chi connectivity index (χ0) is 14.0. The molecule has 2 aromatic rings. The molecule has 0 aliphatic heterocycles. The van der Waals surface area contributed by atoms with Crippen LogP contribution in [-0.2, 0) is 6.54 Å². The van der Waals surface area contributed by atoms with Crippen molar-refractivity contribution in [3.63, 3.8) is 0 Å². The Labute approximate surface area is 109 Å². The molecule has 0 bridgehead atoms. The highest BCUT2D eigenvalue weighted by atomic mass is 19.1. The zero-order valence-corrected chi connectivity index (χ0v) is 10.8. The molecular formula is C14H14F2N2O. The number of nitrogens with zero attached hydrogens (tertiary/aromatic N) is 2. The molecule has 1 aromatic heterocycles. The standard InChI is InChI=1S/C14H14F2N2O/c1-3-4-18-7-10(8-19)14(17-18)11-6-12(15)9(2)5-13(11)16/h5-8H,3-4H2,1-2H3. The van der Waals surface area contributed by atoms with Gasteiger partial charge in [0.25, 0.3) is 0 Å². The van der Waals surface area contributed by atoms with Crippen LogP contribution in [0.1, 0.15) is 29.3 Å². The number of hydrogen-bond donors (Lipinski definition) is 0. The fraction of sp³-hybridized carbons (Fsp3) is 0.286. The van der Waals surface area contributed by atoms with E-state index in [0.29, 0.717) is 12.8 Å². The summed E-state index contributed by atoms with van der Waals surface area (Å²) in [5, 5.41) is 4.15. The third kappa shape index (κ3) is 2.54. The fourth-order valence-electron chi connectivity index (χ4n) is 1.90. The molecule has 0 radical (unpaired) electrons. The topological polar surface area (TPSA) is 34.9 Å². The molecule has 0 spiro atoms. The Kier molecular flexibility index (Phi) is 3.74. The second-order valence-corrected chi connectivity index (χ2v) is 4.40. The average Bonchev–Trinajstić information content (AvgIpc) is 2.77. The molecule has 2 rings (SSSR count). The number of hydrogen-bond acceptors (Lipinski definition) is 2. The highest BCUT2D eigenvalue weighted by Gasteiger charge is 2.16. The minimum Gasteiger partial charge on any atom is -0.298 e. The highest BCUT2D eigenvalue weighted by Crippen LogP contribution is 2.26. The molecular weight excluding hydrogens is 250 g/mol. The van der Waals surface area contributed by atoms with Gasteiger partial charge in [-0.2, -0.15) is 5.10 Å². The minimum absolute atomic E-state index is 0.0139. The van der Waals surface area contributed by atoms with E-state index in [1.165, 1.54) is 6.92 Å². The van der Waals surface area contributed by atoms with Gasteiger partial charge in [0.05, 0.1) is 5.56 Å². The summed E-state index contributed by atoms with van der Waals surface area (Å²) in [7, 11) is 0.